The zero-order valence-electron chi connectivity index (χ0n) is 14.7. The van der Waals surface area contributed by atoms with Crippen molar-refractivity contribution >= 4 is 32.4 Å². The van der Waals surface area contributed by atoms with Gasteiger partial charge in [-0.05, 0) is 49.6 Å². The summed E-state index contributed by atoms with van der Waals surface area (Å²) < 4.78 is 9.33. The minimum atomic E-state index is 0.349. The molecule has 0 amide bonds. The van der Waals surface area contributed by atoms with Gasteiger partial charge < -0.3 is 4.74 Å². The Labute approximate surface area is 156 Å². The third-order valence-corrected chi connectivity index (χ3v) is 5.62. The molecule has 1 aliphatic heterocycles. The summed E-state index contributed by atoms with van der Waals surface area (Å²) in [5.41, 5.74) is 5.80. The molecule has 4 heteroatoms. The molecule has 128 valence electrons. The number of nitrogens with zero attached hydrogens (tertiary/aromatic N) is 2. The summed E-state index contributed by atoms with van der Waals surface area (Å²) in [6.07, 6.45) is 3.07. The molecule has 3 nitrogen and oxygen atoms in total. The predicted octanol–water partition coefficient (Wildman–Crippen LogP) is 6.07. The second kappa shape index (κ2) is 6.34. The van der Waals surface area contributed by atoms with Crippen molar-refractivity contribution in [3.63, 3.8) is 0 Å². The molecular weight excluding hydrogens is 376 g/mol. The molecule has 4 rings (SSSR count). The van der Waals surface area contributed by atoms with Gasteiger partial charge in [-0.3, -0.25) is 4.68 Å². The van der Waals surface area contributed by atoms with E-state index in [1.807, 2.05) is 16.8 Å². The summed E-state index contributed by atoms with van der Waals surface area (Å²) in [7, 11) is 0. The summed E-state index contributed by atoms with van der Waals surface area (Å²) in [4.78, 5) is 0. The van der Waals surface area contributed by atoms with Crippen LogP contribution in [-0.2, 0) is 6.61 Å². The number of allylic oxidation sites excluding steroid dienone is 1. The van der Waals surface area contributed by atoms with E-state index in [9.17, 15) is 0 Å². The number of aromatic nitrogens is 2. The van der Waals surface area contributed by atoms with Gasteiger partial charge in [0.15, 0.2) is 0 Å². The smallest absolute Gasteiger partial charge is 0.127 e. The van der Waals surface area contributed by atoms with Crippen molar-refractivity contribution in [2.24, 2.45) is 0 Å². The molecule has 0 radical (unpaired) electrons. The summed E-state index contributed by atoms with van der Waals surface area (Å²) in [5.74, 6) is 0.934. The first-order chi connectivity index (χ1) is 12.1. The molecule has 1 aliphatic rings. The number of para-hydroxylation sites is 1. The van der Waals surface area contributed by atoms with E-state index in [4.69, 9.17) is 9.84 Å². The second-order valence-corrected chi connectivity index (χ2v) is 7.65. The van der Waals surface area contributed by atoms with E-state index < -0.39 is 0 Å². The van der Waals surface area contributed by atoms with Crippen molar-refractivity contribution in [1.82, 2.24) is 9.78 Å². The number of ether oxygens (including phenoxy) is 1. The van der Waals surface area contributed by atoms with Gasteiger partial charge in [-0.1, -0.05) is 41.1 Å². The van der Waals surface area contributed by atoms with E-state index in [2.05, 4.69) is 67.2 Å². The van der Waals surface area contributed by atoms with Crippen LogP contribution in [0.1, 0.15) is 49.9 Å². The van der Waals surface area contributed by atoms with Crippen molar-refractivity contribution in [3.8, 4) is 5.75 Å². The third kappa shape index (κ3) is 2.78. The monoisotopic (exact) mass is 396 g/mol. The number of hydrogen-bond donors (Lipinski definition) is 0. The quantitative estimate of drug-likeness (QED) is 0.525. The fourth-order valence-corrected chi connectivity index (χ4v) is 3.75. The fourth-order valence-electron chi connectivity index (χ4n) is 3.32. The van der Waals surface area contributed by atoms with E-state index in [-0.39, 0.29) is 0 Å². The maximum Gasteiger partial charge on any atom is 0.127 e. The Bertz CT molecular complexity index is 985. The largest absolute Gasteiger partial charge is 0.488 e. The number of fused-ring (bicyclic) bond motifs is 3. The summed E-state index contributed by atoms with van der Waals surface area (Å²) in [5, 5.41) is 5.89. The predicted molar refractivity (Wildman–Crippen MR) is 106 cm³/mol. The highest BCUT2D eigenvalue weighted by atomic mass is 79.9. The molecule has 0 atom stereocenters. The molecule has 1 aromatic heterocycles. The van der Waals surface area contributed by atoms with Gasteiger partial charge in [0.05, 0.1) is 5.52 Å². The molecule has 0 N–H and O–H groups in total. The Morgan fingerprint density at radius 2 is 2.04 bits per heavy atom. The molecule has 0 aliphatic carbocycles. The van der Waals surface area contributed by atoms with E-state index >= 15 is 0 Å². The van der Waals surface area contributed by atoms with Crippen LogP contribution in [0.25, 0.3) is 16.5 Å². The zero-order chi connectivity index (χ0) is 17.6. The van der Waals surface area contributed by atoms with Gasteiger partial charge in [0.25, 0.3) is 0 Å². The molecule has 3 aromatic rings. The lowest BCUT2D eigenvalue weighted by molar-refractivity contribution is 0.307. The number of halogens is 1. The van der Waals surface area contributed by atoms with Gasteiger partial charge in [0, 0.05) is 33.2 Å². The van der Waals surface area contributed by atoms with Crippen LogP contribution in [0.3, 0.4) is 0 Å². The van der Waals surface area contributed by atoms with Gasteiger partial charge in [0.2, 0.25) is 0 Å². The molecule has 0 saturated heterocycles. The fraction of sp³-hybridized carbons (Fsp3) is 0.286. The number of hydrogen-bond acceptors (Lipinski definition) is 2. The first kappa shape index (κ1) is 16.4. The molecule has 0 spiro atoms. The first-order valence-corrected chi connectivity index (χ1v) is 9.50. The van der Waals surface area contributed by atoms with E-state index in [1.165, 1.54) is 26.6 Å². The molecule has 0 saturated carbocycles. The van der Waals surface area contributed by atoms with Gasteiger partial charge in [0.1, 0.15) is 12.4 Å². The summed E-state index contributed by atoms with van der Waals surface area (Å²) in [6, 6.07) is 13.1. The normalized spacial score (nSPS) is 15.6. The van der Waals surface area contributed by atoms with Crippen molar-refractivity contribution in [2.45, 2.75) is 39.8 Å². The topological polar surface area (TPSA) is 27.1 Å². The third-order valence-electron chi connectivity index (χ3n) is 4.67. The Kier molecular flexibility index (Phi) is 4.16. The summed E-state index contributed by atoms with van der Waals surface area (Å²) in [6.45, 7) is 7.02. The van der Waals surface area contributed by atoms with Crippen molar-refractivity contribution in [3.05, 3.63) is 63.8 Å². The maximum absolute atomic E-state index is 6.11. The average Bonchev–Trinajstić information content (AvgIpc) is 2.96. The van der Waals surface area contributed by atoms with Crippen LogP contribution in [0.5, 0.6) is 5.75 Å². The SMILES string of the molecule is CC/C(Br)=C1\c2cc3cn(C(C)C)nc3cc2COc2ccccc21. The van der Waals surface area contributed by atoms with Crippen LogP contribution in [0.2, 0.25) is 0 Å². The first-order valence-electron chi connectivity index (χ1n) is 8.71. The molecule has 0 unspecified atom stereocenters. The van der Waals surface area contributed by atoms with Crippen molar-refractivity contribution in [1.29, 1.82) is 0 Å². The maximum atomic E-state index is 6.11. The zero-order valence-corrected chi connectivity index (χ0v) is 16.3. The van der Waals surface area contributed by atoms with E-state index in [0.717, 1.165) is 23.3 Å². The molecular formula is C21H21BrN2O. The van der Waals surface area contributed by atoms with Crippen LogP contribution in [0.15, 0.2) is 47.1 Å². The highest BCUT2D eigenvalue weighted by molar-refractivity contribution is 9.11. The number of benzene rings is 2. The Hall–Kier alpha value is -2.07. The van der Waals surface area contributed by atoms with Crippen LogP contribution >= 0.6 is 15.9 Å². The second-order valence-electron chi connectivity index (χ2n) is 6.69. The van der Waals surface area contributed by atoms with Crippen LogP contribution < -0.4 is 4.74 Å². The molecule has 25 heavy (non-hydrogen) atoms. The van der Waals surface area contributed by atoms with Crippen LogP contribution in [0.4, 0.5) is 0 Å². The van der Waals surface area contributed by atoms with Gasteiger partial charge in [-0.15, -0.1) is 0 Å². The average molecular weight is 397 g/mol. The van der Waals surface area contributed by atoms with Crippen molar-refractivity contribution < 1.29 is 4.74 Å². The lowest BCUT2D eigenvalue weighted by Crippen LogP contribution is -2.00. The standard InChI is InChI=1S/C21H21BrN2O/c1-4-18(22)21-16-7-5-6-8-20(16)25-12-15-10-19-14(9-17(15)21)11-24(23-19)13(2)3/h5-11,13H,4,12H2,1-3H3/b21-18+. The van der Waals surface area contributed by atoms with Gasteiger partial charge in [-0.2, -0.15) is 5.10 Å². The molecule has 0 fully saturated rings. The molecule has 2 heterocycles. The molecule has 2 aromatic carbocycles. The lowest BCUT2D eigenvalue weighted by atomic mass is 9.92. The lowest BCUT2D eigenvalue weighted by Gasteiger charge is -2.13. The van der Waals surface area contributed by atoms with Gasteiger partial charge in [-0.25, -0.2) is 0 Å². The van der Waals surface area contributed by atoms with E-state index in [1.54, 1.807) is 0 Å². The summed E-state index contributed by atoms with van der Waals surface area (Å²) >= 11 is 3.81. The Morgan fingerprint density at radius 3 is 2.80 bits per heavy atom. The van der Waals surface area contributed by atoms with Gasteiger partial charge >= 0.3 is 0 Å². The Balaban J connectivity index is 2.00. The van der Waals surface area contributed by atoms with Crippen LogP contribution in [-0.4, -0.2) is 9.78 Å². The highest BCUT2D eigenvalue weighted by Crippen LogP contribution is 2.41. The molecule has 0 bridgehead atoms. The van der Waals surface area contributed by atoms with Crippen molar-refractivity contribution in [2.75, 3.05) is 0 Å². The Morgan fingerprint density at radius 1 is 1.24 bits per heavy atom. The minimum absolute atomic E-state index is 0.349. The van der Waals surface area contributed by atoms with E-state index in [0.29, 0.717) is 12.6 Å². The number of rotatable bonds is 2. The minimum Gasteiger partial charge on any atom is -0.488 e. The highest BCUT2D eigenvalue weighted by Gasteiger charge is 2.22. The van der Waals surface area contributed by atoms with Crippen LogP contribution in [0, 0.1) is 0 Å².